The zero-order valence-electron chi connectivity index (χ0n) is 18.0. The molecule has 6 nitrogen and oxygen atoms in total. The summed E-state index contributed by atoms with van der Waals surface area (Å²) < 4.78 is 16.6. The summed E-state index contributed by atoms with van der Waals surface area (Å²) in [5.41, 5.74) is 2.63. The van der Waals surface area contributed by atoms with E-state index >= 15 is 0 Å². The van der Waals surface area contributed by atoms with E-state index in [0.717, 1.165) is 42.0 Å². The Morgan fingerprint density at radius 1 is 1.32 bits per heavy atom. The second kappa shape index (κ2) is 9.39. The number of thiophene rings is 1. The molecule has 0 spiro atoms. The molecule has 7 heteroatoms. The monoisotopic (exact) mass is 438 g/mol. The van der Waals surface area contributed by atoms with E-state index in [9.17, 15) is 4.79 Å². The number of carbonyl (C=O) groups excluding carboxylic acids is 1. The Hall–Kier alpha value is -3.06. The standard InChI is InChI=1S/C24H26N2O4S/c1-16-19(17(2)30-25-16)15-29-21-10-8-18(14-22(21)28-3)9-11-24(27)26-12-4-6-20(26)23-7-5-13-31-23/h5,7-11,13-14,20H,4,6,12,15H2,1-3H3. The molecule has 3 aromatic rings. The Kier molecular flexibility index (Phi) is 6.42. The van der Waals surface area contributed by atoms with Gasteiger partial charge in [-0.05, 0) is 61.9 Å². The fourth-order valence-electron chi connectivity index (χ4n) is 3.84. The third-order valence-corrected chi connectivity index (χ3v) is 6.54. The second-order valence-electron chi connectivity index (χ2n) is 7.54. The smallest absolute Gasteiger partial charge is 0.247 e. The van der Waals surface area contributed by atoms with Crippen LogP contribution in [0.1, 0.15) is 46.3 Å². The third-order valence-electron chi connectivity index (χ3n) is 5.57. The van der Waals surface area contributed by atoms with Crippen LogP contribution in [0.5, 0.6) is 11.5 Å². The van der Waals surface area contributed by atoms with Gasteiger partial charge in [0.05, 0.1) is 24.4 Å². The van der Waals surface area contributed by atoms with Gasteiger partial charge in [0, 0.05) is 17.5 Å². The molecule has 4 rings (SSSR count). The molecule has 0 radical (unpaired) electrons. The van der Waals surface area contributed by atoms with Crippen LogP contribution in [0.4, 0.5) is 0 Å². The quantitative estimate of drug-likeness (QED) is 0.467. The normalized spacial score (nSPS) is 16.2. The van der Waals surface area contributed by atoms with Crippen molar-refractivity contribution in [2.75, 3.05) is 13.7 Å². The molecular formula is C24H26N2O4S. The predicted molar refractivity (Wildman–Crippen MR) is 120 cm³/mol. The number of amides is 1. The molecule has 1 aliphatic rings. The first kappa shape index (κ1) is 21.2. The maximum absolute atomic E-state index is 12.8. The maximum Gasteiger partial charge on any atom is 0.247 e. The Balaban J connectivity index is 1.44. The van der Waals surface area contributed by atoms with E-state index in [1.807, 2.05) is 49.1 Å². The number of aromatic nitrogens is 1. The topological polar surface area (TPSA) is 64.8 Å². The van der Waals surface area contributed by atoms with E-state index in [0.29, 0.717) is 18.1 Å². The number of hydrogen-bond donors (Lipinski definition) is 0. The summed E-state index contributed by atoms with van der Waals surface area (Å²) in [6.07, 6.45) is 5.52. The minimum absolute atomic E-state index is 0.0357. The molecule has 0 saturated carbocycles. The van der Waals surface area contributed by atoms with Gasteiger partial charge in [-0.2, -0.15) is 0 Å². The summed E-state index contributed by atoms with van der Waals surface area (Å²) in [6, 6.07) is 9.97. The lowest BCUT2D eigenvalue weighted by atomic mass is 10.1. The highest BCUT2D eigenvalue weighted by Crippen LogP contribution is 2.35. The van der Waals surface area contributed by atoms with Crippen molar-refractivity contribution in [3.05, 3.63) is 69.2 Å². The van der Waals surface area contributed by atoms with Crippen LogP contribution in [0.3, 0.4) is 0 Å². The fourth-order valence-corrected chi connectivity index (χ4v) is 4.71. The largest absolute Gasteiger partial charge is 0.493 e. The Bertz CT molecular complexity index is 1050. The summed E-state index contributed by atoms with van der Waals surface area (Å²) in [5, 5.41) is 6.01. The van der Waals surface area contributed by atoms with Crippen LogP contribution in [0.15, 0.2) is 46.3 Å². The molecule has 1 atom stereocenters. The molecule has 1 amide bonds. The van der Waals surface area contributed by atoms with E-state index in [1.54, 1.807) is 24.5 Å². The molecule has 1 fully saturated rings. The lowest BCUT2D eigenvalue weighted by Gasteiger charge is -2.22. The van der Waals surface area contributed by atoms with Gasteiger partial charge in [0.15, 0.2) is 11.5 Å². The molecule has 0 N–H and O–H groups in total. The van der Waals surface area contributed by atoms with E-state index < -0.39 is 0 Å². The molecule has 2 aromatic heterocycles. The van der Waals surface area contributed by atoms with Crippen LogP contribution in [0, 0.1) is 13.8 Å². The summed E-state index contributed by atoms with van der Waals surface area (Å²) >= 11 is 1.71. The molecule has 1 unspecified atom stereocenters. The number of benzene rings is 1. The highest BCUT2D eigenvalue weighted by Gasteiger charge is 2.29. The van der Waals surface area contributed by atoms with Gasteiger partial charge in [-0.25, -0.2) is 0 Å². The van der Waals surface area contributed by atoms with Crippen molar-refractivity contribution in [1.82, 2.24) is 10.1 Å². The highest BCUT2D eigenvalue weighted by molar-refractivity contribution is 7.10. The van der Waals surface area contributed by atoms with Crippen LogP contribution < -0.4 is 9.47 Å². The Morgan fingerprint density at radius 2 is 2.19 bits per heavy atom. The number of nitrogens with zero attached hydrogens (tertiary/aromatic N) is 2. The highest BCUT2D eigenvalue weighted by atomic mass is 32.1. The molecule has 1 saturated heterocycles. The number of aryl methyl sites for hydroxylation is 2. The maximum atomic E-state index is 12.8. The first-order valence-corrected chi connectivity index (χ1v) is 11.2. The van der Waals surface area contributed by atoms with Gasteiger partial charge in [-0.1, -0.05) is 17.3 Å². The Labute approximate surface area is 186 Å². The van der Waals surface area contributed by atoms with Gasteiger partial charge in [-0.3, -0.25) is 4.79 Å². The van der Waals surface area contributed by atoms with E-state index in [4.69, 9.17) is 14.0 Å². The van der Waals surface area contributed by atoms with Crippen LogP contribution in [0.25, 0.3) is 6.08 Å². The average molecular weight is 439 g/mol. The number of hydrogen-bond acceptors (Lipinski definition) is 6. The van der Waals surface area contributed by atoms with Gasteiger partial charge in [0.2, 0.25) is 5.91 Å². The molecule has 3 heterocycles. The first-order chi connectivity index (χ1) is 15.1. The van der Waals surface area contributed by atoms with Gasteiger partial charge >= 0.3 is 0 Å². The van der Waals surface area contributed by atoms with Crippen LogP contribution in [-0.2, 0) is 11.4 Å². The van der Waals surface area contributed by atoms with Gasteiger partial charge in [-0.15, -0.1) is 11.3 Å². The lowest BCUT2D eigenvalue weighted by molar-refractivity contribution is -0.126. The predicted octanol–water partition coefficient (Wildman–Crippen LogP) is 5.32. The second-order valence-corrected chi connectivity index (χ2v) is 8.52. The number of rotatable bonds is 7. The van der Waals surface area contributed by atoms with Crippen molar-refractivity contribution < 1.29 is 18.8 Å². The van der Waals surface area contributed by atoms with Crippen molar-refractivity contribution in [2.45, 2.75) is 39.3 Å². The molecular weight excluding hydrogens is 412 g/mol. The summed E-state index contributed by atoms with van der Waals surface area (Å²) in [7, 11) is 1.60. The lowest BCUT2D eigenvalue weighted by Crippen LogP contribution is -2.28. The van der Waals surface area contributed by atoms with Crippen molar-refractivity contribution in [2.24, 2.45) is 0 Å². The zero-order valence-corrected chi connectivity index (χ0v) is 18.8. The molecule has 1 aromatic carbocycles. The number of ether oxygens (including phenoxy) is 2. The Morgan fingerprint density at radius 3 is 2.90 bits per heavy atom. The molecule has 0 aliphatic carbocycles. The van der Waals surface area contributed by atoms with E-state index in [-0.39, 0.29) is 11.9 Å². The van der Waals surface area contributed by atoms with Crippen molar-refractivity contribution >= 4 is 23.3 Å². The number of likely N-dealkylation sites (tertiary alicyclic amines) is 1. The van der Waals surface area contributed by atoms with Crippen LogP contribution >= 0.6 is 11.3 Å². The number of carbonyl (C=O) groups is 1. The molecule has 31 heavy (non-hydrogen) atoms. The summed E-state index contributed by atoms with van der Waals surface area (Å²) in [4.78, 5) is 16.0. The average Bonchev–Trinajstić information content (AvgIpc) is 3.53. The van der Waals surface area contributed by atoms with E-state index in [1.165, 1.54) is 4.88 Å². The first-order valence-electron chi connectivity index (χ1n) is 10.3. The molecule has 162 valence electrons. The van der Waals surface area contributed by atoms with Gasteiger partial charge < -0.3 is 18.9 Å². The minimum atomic E-state index is 0.0357. The molecule has 1 aliphatic heterocycles. The number of methoxy groups -OCH3 is 1. The van der Waals surface area contributed by atoms with Gasteiger partial charge in [0.1, 0.15) is 12.4 Å². The minimum Gasteiger partial charge on any atom is -0.493 e. The molecule has 0 bridgehead atoms. The van der Waals surface area contributed by atoms with Crippen LogP contribution in [-0.4, -0.2) is 29.6 Å². The van der Waals surface area contributed by atoms with E-state index in [2.05, 4.69) is 16.6 Å². The van der Waals surface area contributed by atoms with Crippen molar-refractivity contribution in [3.63, 3.8) is 0 Å². The zero-order chi connectivity index (χ0) is 21.8. The van der Waals surface area contributed by atoms with Crippen molar-refractivity contribution in [1.29, 1.82) is 0 Å². The fraction of sp³-hybridized carbons (Fsp3) is 0.333. The van der Waals surface area contributed by atoms with Crippen LogP contribution in [0.2, 0.25) is 0 Å². The summed E-state index contributed by atoms with van der Waals surface area (Å²) in [6.45, 7) is 4.90. The SMILES string of the molecule is COc1cc(C=CC(=O)N2CCCC2c2cccs2)ccc1OCc1c(C)noc1C. The van der Waals surface area contributed by atoms with Crippen molar-refractivity contribution in [3.8, 4) is 11.5 Å². The third kappa shape index (κ3) is 4.66. The van der Waals surface area contributed by atoms with Gasteiger partial charge in [0.25, 0.3) is 0 Å². The summed E-state index contributed by atoms with van der Waals surface area (Å²) in [5.74, 6) is 2.02.